The van der Waals surface area contributed by atoms with Crippen LogP contribution in [0.25, 0.3) is 10.9 Å². The maximum atomic E-state index is 6.13. The maximum absolute atomic E-state index is 6.13. The van der Waals surface area contributed by atoms with Crippen LogP contribution in [-0.4, -0.2) is 11.0 Å². The van der Waals surface area contributed by atoms with E-state index in [0.29, 0.717) is 6.04 Å². The van der Waals surface area contributed by atoms with E-state index < -0.39 is 0 Å². The second kappa shape index (κ2) is 5.08. The molecule has 0 aliphatic heterocycles. The first kappa shape index (κ1) is 12.3. The zero-order chi connectivity index (χ0) is 13.2. The van der Waals surface area contributed by atoms with Gasteiger partial charge in [-0.3, -0.25) is 4.98 Å². The number of pyridine rings is 1. The predicted octanol–water partition coefficient (Wildman–Crippen LogP) is 3.87. The van der Waals surface area contributed by atoms with Crippen molar-refractivity contribution < 1.29 is 0 Å². The van der Waals surface area contributed by atoms with Crippen molar-refractivity contribution in [3.05, 3.63) is 30.0 Å². The molecule has 3 nitrogen and oxygen atoms in total. The van der Waals surface area contributed by atoms with Gasteiger partial charge in [0.25, 0.3) is 0 Å². The summed E-state index contributed by atoms with van der Waals surface area (Å²) in [6.07, 6.45) is 8.26. The number of rotatable bonds is 2. The Bertz CT molecular complexity index is 581. The highest BCUT2D eigenvalue weighted by molar-refractivity contribution is 5.97. The lowest BCUT2D eigenvalue weighted by atomic mass is 9.95. The number of aryl methyl sites for hydroxylation is 1. The fraction of sp³-hybridized carbons (Fsp3) is 0.438. The van der Waals surface area contributed by atoms with E-state index in [1.54, 1.807) is 6.20 Å². The second-order valence-corrected chi connectivity index (χ2v) is 5.59. The normalized spacial score (nSPS) is 16.7. The number of nitrogens with two attached hydrogens (primary N) is 1. The number of anilines is 2. The highest BCUT2D eigenvalue weighted by atomic mass is 14.9. The summed E-state index contributed by atoms with van der Waals surface area (Å²) in [6, 6.07) is 6.89. The van der Waals surface area contributed by atoms with E-state index in [1.807, 2.05) is 0 Å². The van der Waals surface area contributed by atoms with Crippen molar-refractivity contribution in [1.82, 2.24) is 4.98 Å². The van der Waals surface area contributed by atoms with Gasteiger partial charge in [-0.05, 0) is 31.9 Å². The van der Waals surface area contributed by atoms with E-state index in [9.17, 15) is 0 Å². The fourth-order valence-corrected chi connectivity index (χ4v) is 2.93. The molecule has 1 aromatic heterocycles. The van der Waals surface area contributed by atoms with Crippen LogP contribution < -0.4 is 11.1 Å². The molecule has 100 valence electrons. The van der Waals surface area contributed by atoms with Crippen molar-refractivity contribution in [2.45, 2.75) is 45.1 Å². The van der Waals surface area contributed by atoms with Crippen LogP contribution in [0, 0.1) is 6.92 Å². The van der Waals surface area contributed by atoms with Crippen molar-refractivity contribution in [3.63, 3.8) is 0 Å². The molecule has 3 N–H and O–H groups in total. The average Bonchev–Trinajstić information content (AvgIpc) is 2.43. The summed E-state index contributed by atoms with van der Waals surface area (Å²) in [6.45, 7) is 2.10. The lowest BCUT2D eigenvalue weighted by molar-refractivity contribution is 0.463. The lowest BCUT2D eigenvalue weighted by Crippen LogP contribution is -2.23. The standard InChI is InChI=1S/C16H21N3/c1-11-7-8-15-13(9-11)16(14(17)10-18-15)19-12-5-3-2-4-6-12/h7-10,12H,2-6,17H2,1H3,(H,18,19). The molecule has 1 aromatic carbocycles. The Hall–Kier alpha value is -1.77. The minimum atomic E-state index is 0.558. The minimum Gasteiger partial charge on any atom is -0.396 e. The topological polar surface area (TPSA) is 50.9 Å². The number of nitrogens with one attached hydrogen (secondary N) is 1. The van der Waals surface area contributed by atoms with Crippen LogP contribution in [0.3, 0.4) is 0 Å². The summed E-state index contributed by atoms with van der Waals surface area (Å²) in [5.41, 5.74) is 10.2. The number of benzene rings is 1. The first-order chi connectivity index (χ1) is 9.24. The molecular formula is C16H21N3. The molecular weight excluding hydrogens is 234 g/mol. The Kier molecular flexibility index (Phi) is 3.28. The molecule has 0 amide bonds. The van der Waals surface area contributed by atoms with Gasteiger partial charge >= 0.3 is 0 Å². The van der Waals surface area contributed by atoms with Gasteiger partial charge in [0.15, 0.2) is 0 Å². The molecule has 0 saturated heterocycles. The molecule has 0 bridgehead atoms. The van der Waals surface area contributed by atoms with Gasteiger partial charge in [0.1, 0.15) is 0 Å². The first-order valence-electron chi connectivity index (χ1n) is 7.15. The first-order valence-corrected chi connectivity index (χ1v) is 7.15. The predicted molar refractivity (Wildman–Crippen MR) is 81.4 cm³/mol. The van der Waals surface area contributed by atoms with Crippen molar-refractivity contribution in [2.75, 3.05) is 11.1 Å². The van der Waals surface area contributed by atoms with Gasteiger partial charge in [-0.2, -0.15) is 0 Å². The summed E-state index contributed by atoms with van der Waals surface area (Å²) in [7, 11) is 0. The lowest BCUT2D eigenvalue weighted by Gasteiger charge is -2.25. The van der Waals surface area contributed by atoms with Crippen molar-refractivity contribution in [2.24, 2.45) is 0 Å². The van der Waals surface area contributed by atoms with Crippen molar-refractivity contribution in [3.8, 4) is 0 Å². The van der Waals surface area contributed by atoms with E-state index in [0.717, 1.165) is 22.3 Å². The Labute approximate surface area is 114 Å². The number of aromatic nitrogens is 1. The zero-order valence-electron chi connectivity index (χ0n) is 11.4. The molecule has 3 heteroatoms. The minimum absolute atomic E-state index is 0.558. The quantitative estimate of drug-likeness (QED) is 0.856. The van der Waals surface area contributed by atoms with Crippen LogP contribution in [-0.2, 0) is 0 Å². The smallest absolute Gasteiger partial charge is 0.0743 e. The molecule has 3 rings (SSSR count). The molecule has 1 fully saturated rings. The van der Waals surface area contributed by atoms with E-state index in [2.05, 4.69) is 35.4 Å². The number of hydrogen-bond donors (Lipinski definition) is 2. The Balaban J connectivity index is 2.00. The molecule has 1 heterocycles. The third-order valence-electron chi connectivity index (χ3n) is 4.01. The third kappa shape index (κ3) is 2.50. The monoisotopic (exact) mass is 255 g/mol. The maximum Gasteiger partial charge on any atom is 0.0743 e. The molecule has 0 radical (unpaired) electrons. The highest BCUT2D eigenvalue weighted by Gasteiger charge is 2.16. The highest BCUT2D eigenvalue weighted by Crippen LogP contribution is 2.31. The molecule has 0 atom stereocenters. The molecule has 0 unspecified atom stereocenters. The molecule has 2 aromatic rings. The summed E-state index contributed by atoms with van der Waals surface area (Å²) in [5, 5.41) is 4.80. The van der Waals surface area contributed by atoms with Crippen LogP contribution in [0.1, 0.15) is 37.7 Å². The Morgan fingerprint density at radius 1 is 1.21 bits per heavy atom. The Morgan fingerprint density at radius 3 is 2.79 bits per heavy atom. The summed E-state index contributed by atoms with van der Waals surface area (Å²) < 4.78 is 0. The van der Waals surface area contributed by atoms with Crippen molar-refractivity contribution >= 4 is 22.3 Å². The number of hydrogen-bond acceptors (Lipinski definition) is 3. The second-order valence-electron chi connectivity index (χ2n) is 5.59. The van der Waals surface area contributed by atoms with Gasteiger partial charge in [-0.15, -0.1) is 0 Å². The van der Waals surface area contributed by atoms with E-state index in [1.165, 1.54) is 37.7 Å². The summed E-state index contributed by atoms with van der Waals surface area (Å²) in [4.78, 5) is 4.41. The van der Waals surface area contributed by atoms with Crippen LogP contribution in [0.5, 0.6) is 0 Å². The van der Waals surface area contributed by atoms with Gasteiger partial charge in [0.2, 0.25) is 0 Å². The van der Waals surface area contributed by atoms with Gasteiger partial charge in [-0.1, -0.05) is 30.9 Å². The summed E-state index contributed by atoms with van der Waals surface area (Å²) in [5.74, 6) is 0. The number of fused-ring (bicyclic) bond motifs is 1. The molecule has 1 aliphatic carbocycles. The van der Waals surface area contributed by atoms with E-state index in [-0.39, 0.29) is 0 Å². The third-order valence-corrected chi connectivity index (χ3v) is 4.01. The molecule has 1 saturated carbocycles. The van der Waals surface area contributed by atoms with E-state index >= 15 is 0 Å². The molecule has 0 spiro atoms. The number of nitrogens with zero attached hydrogens (tertiary/aromatic N) is 1. The van der Waals surface area contributed by atoms with Crippen LogP contribution >= 0.6 is 0 Å². The van der Waals surface area contributed by atoms with Gasteiger partial charge in [0.05, 0.1) is 23.1 Å². The van der Waals surface area contributed by atoms with Crippen LogP contribution in [0.15, 0.2) is 24.4 Å². The van der Waals surface area contributed by atoms with E-state index in [4.69, 9.17) is 5.73 Å². The largest absolute Gasteiger partial charge is 0.396 e. The van der Waals surface area contributed by atoms with Crippen LogP contribution in [0.2, 0.25) is 0 Å². The van der Waals surface area contributed by atoms with Gasteiger partial charge in [0, 0.05) is 11.4 Å². The van der Waals surface area contributed by atoms with Crippen molar-refractivity contribution in [1.29, 1.82) is 0 Å². The fourth-order valence-electron chi connectivity index (χ4n) is 2.93. The van der Waals surface area contributed by atoms with Gasteiger partial charge in [-0.25, -0.2) is 0 Å². The average molecular weight is 255 g/mol. The summed E-state index contributed by atoms with van der Waals surface area (Å²) >= 11 is 0. The zero-order valence-corrected chi connectivity index (χ0v) is 11.4. The molecule has 1 aliphatic rings. The van der Waals surface area contributed by atoms with Crippen LogP contribution in [0.4, 0.5) is 11.4 Å². The Morgan fingerprint density at radius 2 is 2.00 bits per heavy atom. The SMILES string of the molecule is Cc1ccc2ncc(N)c(NC3CCCCC3)c2c1. The molecule has 19 heavy (non-hydrogen) atoms. The van der Waals surface area contributed by atoms with Gasteiger partial charge < -0.3 is 11.1 Å². The number of nitrogen functional groups attached to an aromatic ring is 1.